The standard InChI is InChI=1S/C10H19N3O3/c11-4-2-5-12-10(16)13-6-1-3-8(7-13)9(14)15/h8H,1-7,11H2,(H,12,16)(H,14,15). The molecule has 1 unspecified atom stereocenters. The first-order valence-electron chi connectivity index (χ1n) is 5.60. The molecule has 4 N–H and O–H groups in total. The van der Waals surface area contributed by atoms with Gasteiger partial charge < -0.3 is 21.1 Å². The molecule has 0 radical (unpaired) electrons. The maximum atomic E-state index is 11.6. The molecule has 1 aliphatic heterocycles. The third-order valence-electron chi connectivity index (χ3n) is 2.71. The summed E-state index contributed by atoms with van der Waals surface area (Å²) in [7, 11) is 0. The van der Waals surface area contributed by atoms with Gasteiger partial charge in [0.05, 0.1) is 5.92 Å². The average molecular weight is 229 g/mol. The zero-order chi connectivity index (χ0) is 12.0. The number of nitrogens with one attached hydrogen (secondary N) is 1. The topological polar surface area (TPSA) is 95.7 Å². The molecule has 1 fully saturated rings. The maximum absolute atomic E-state index is 11.6. The van der Waals surface area contributed by atoms with E-state index in [2.05, 4.69) is 5.32 Å². The first-order valence-corrected chi connectivity index (χ1v) is 5.60. The van der Waals surface area contributed by atoms with Gasteiger partial charge in [-0.3, -0.25) is 4.79 Å². The number of carbonyl (C=O) groups excluding carboxylic acids is 1. The van der Waals surface area contributed by atoms with E-state index in [9.17, 15) is 9.59 Å². The highest BCUT2D eigenvalue weighted by Gasteiger charge is 2.27. The zero-order valence-electron chi connectivity index (χ0n) is 9.32. The smallest absolute Gasteiger partial charge is 0.317 e. The molecule has 0 aromatic heterocycles. The Balaban J connectivity index is 2.35. The summed E-state index contributed by atoms with van der Waals surface area (Å²) in [5.74, 6) is -1.24. The van der Waals surface area contributed by atoms with Crippen molar-refractivity contribution in [2.24, 2.45) is 11.7 Å². The monoisotopic (exact) mass is 229 g/mol. The summed E-state index contributed by atoms with van der Waals surface area (Å²) >= 11 is 0. The van der Waals surface area contributed by atoms with Gasteiger partial charge >= 0.3 is 12.0 Å². The molecule has 1 aliphatic rings. The van der Waals surface area contributed by atoms with Crippen LogP contribution in [-0.4, -0.2) is 48.2 Å². The lowest BCUT2D eigenvalue weighted by molar-refractivity contribution is -0.143. The molecule has 0 saturated carbocycles. The number of hydrogen-bond donors (Lipinski definition) is 3. The predicted octanol–water partition coefficient (Wildman–Crippen LogP) is -0.159. The third kappa shape index (κ3) is 3.69. The fourth-order valence-electron chi connectivity index (χ4n) is 1.77. The lowest BCUT2D eigenvalue weighted by atomic mass is 9.99. The van der Waals surface area contributed by atoms with Crippen molar-refractivity contribution in [2.45, 2.75) is 19.3 Å². The summed E-state index contributed by atoms with van der Waals surface area (Å²) in [5, 5.41) is 11.6. The number of rotatable bonds is 4. The van der Waals surface area contributed by atoms with Gasteiger partial charge in [0.15, 0.2) is 0 Å². The molecule has 2 amide bonds. The first kappa shape index (κ1) is 12.8. The normalized spacial score (nSPS) is 20.6. The van der Waals surface area contributed by atoms with Gasteiger partial charge in [-0.05, 0) is 25.8 Å². The second-order valence-corrected chi connectivity index (χ2v) is 4.00. The van der Waals surface area contributed by atoms with E-state index in [0.29, 0.717) is 32.6 Å². The van der Waals surface area contributed by atoms with Crippen LogP contribution in [0.1, 0.15) is 19.3 Å². The van der Waals surface area contributed by atoms with E-state index >= 15 is 0 Å². The Kier molecular flexibility index (Phi) is 5.04. The fourth-order valence-corrected chi connectivity index (χ4v) is 1.77. The van der Waals surface area contributed by atoms with Crippen LogP contribution < -0.4 is 11.1 Å². The van der Waals surface area contributed by atoms with Gasteiger partial charge in [0, 0.05) is 19.6 Å². The Morgan fingerprint density at radius 1 is 1.50 bits per heavy atom. The third-order valence-corrected chi connectivity index (χ3v) is 2.71. The van der Waals surface area contributed by atoms with Gasteiger partial charge in [-0.2, -0.15) is 0 Å². The van der Waals surface area contributed by atoms with E-state index in [0.717, 1.165) is 12.8 Å². The predicted molar refractivity (Wildman–Crippen MR) is 59.0 cm³/mol. The highest BCUT2D eigenvalue weighted by molar-refractivity contribution is 5.76. The van der Waals surface area contributed by atoms with Crippen LogP contribution in [-0.2, 0) is 4.79 Å². The van der Waals surface area contributed by atoms with E-state index < -0.39 is 11.9 Å². The highest BCUT2D eigenvalue weighted by Crippen LogP contribution is 2.16. The number of hydrogen-bond acceptors (Lipinski definition) is 3. The molecule has 6 nitrogen and oxygen atoms in total. The fraction of sp³-hybridized carbons (Fsp3) is 0.800. The van der Waals surface area contributed by atoms with Gasteiger partial charge in [0.1, 0.15) is 0 Å². The van der Waals surface area contributed by atoms with Crippen molar-refractivity contribution in [1.82, 2.24) is 10.2 Å². The van der Waals surface area contributed by atoms with Crippen molar-refractivity contribution in [3.63, 3.8) is 0 Å². The number of nitrogens with two attached hydrogens (primary N) is 1. The molecule has 6 heteroatoms. The summed E-state index contributed by atoms with van der Waals surface area (Å²) in [6, 6.07) is -0.181. The average Bonchev–Trinajstić information content (AvgIpc) is 2.29. The summed E-state index contributed by atoms with van der Waals surface area (Å²) in [6.45, 7) is 2.03. The van der Waals surface area contributed by atoms with Crippen LogP contribution in [0.2, 0.25) is 0 Å². The van der Waals surface area contributed by atoms with E-state index in [1.54, 1.807) is 4.90 Å². The second-order valence-electron chi connectivity index (χ2n) is 4.00. The molecule has 16 heavy (non-hydrogen) atoms. The van der Waals surface area contributed by atoms with Crippen LogP contribution in [0.25, 0.3) is 0 Å². The van der Waals surface area contributed by atoms with Crippen molar-refractivity contribution in [2.75, 3.05) is 26.2 Å². The van der Waals surface area contributed by atoms with Crippen LogP contribution in [0.15, 0.2) is 0 Å². The Bertz CT molecular complexity index is 258. The number of urea groups is 1. The molecular weight excluding hydrogens is 210 g/mol. The molecular formula is C10H19N3O3. The quantitative estimate of drug-likeness (QED) is 0.584. The minimum atomic E-state index is -0.820. The summed E-state index contributed by atoms with van der Waals surface area (Å²) in [6.07, 6.45) is 2.14. The lowest BCUT2D eigenvalue weighted by Crippen LogP contribution is -2.47. The molecule has 0 bridgehead atoms. The second kappa shape index (κ2) is 6.32. The Morgan fingerprint density at radius 2 is 2.25 bits per heavy atom. The van der Waals surface area contributed by atoms with Gasteiger partial charge in [0.2, 0.25) is 0 Å². The van der Waals surface area contributed by atoms with Gasteiger partial charge in [-0.25, -0.2) is 4.79 Å². The maximum Gasteiger partial charge on any atom is 0.317 e. The summed E-state index contributed by atoms with van der Waals surface area (Å²) in [4.78, 5) is 24.0. The largest absolute Gasteiger partial charge is 0.481 e. The Labute approximate surface area is 94.8 Å². The molecule has 0 aromatic carbocycles. The number of aliphatic carboxylic acids is 1. The number of amides is 2. The summed E-state index contributed by atoms with van der Waals surface area (Å²) < 4.78 is 0. The van der Waals surface area contributed by atoms with Crippen LogP contribution in [0.3, 0.4) is 0 Å². The Hall–Kier alpha value is -1.30. The SMILES string of the molecule is NCCCNC(=O)N1CCCC(C(=O)O)C1. The number of carboxylic acid groups (broad SMARTS) is 1. The number of carbonyl (C=O) groups is 2. The minimum Gasteiger partial charge on any atom is -0.481 e. The zero-order valence-corrected chi connectivity index (χ0v) is 9.32. The van der Waals surface area contributed by atoms with Crippen LogP contribution in [0, 0.1) is 5.92 Å². The molecule has 1 heterocycles. The van der Waals surface area contributed by atoms with Crippen molar-refractivity contribution < 1.29 is 14.7 Å². The van der Waals surface area contributed by atoms with Crippen LogP contribution in [0.5, 0.6) is 0 Å². The van der Waals surface area contributed by atoms with Crippen molar-refractivity contribution in [3.05, 3.63) is 0 Å². The number of nitrogens with zero attached hydrogens (tertiary/aromatic N) is 1. The van der Waals surface area contributed by atoms with E-state index in [1.165, 1.54) is 0 Å². The van der Waals surface area contributed by atoms with E-state index in [4.69, 9.17) is 10.8 Å². The van der Waals surface area contributed by atoms with Gasteiger partial charge in [0.25, 0.3) is 0 Å². The molecule has 1 rings (SSSR count). The van der Waals surface area contributed by atoms with Crippen molar-refractivity contribution >= 4 is 12.0 Å². The van der Waals surface area contributed by atoms with Gasteiger partial charge in [-0.1, -0.05) is 0 Å². The van der Waals surface area contributed by atoms with Crippen molar-refractivity contribution in [3.8, 4) is 0 Å². The Morgan fingerprint density at radius 3 is 2.88 bits per heavy atom. The number of likely N-dealkylation sites (tertiary alicyclic amines) is 1. The first-order chi connectivity index (χ1) is 7.65. The van der Waals surface area contributed by atoms with E-state index in [-0.39, 0.29) is 6.03 Å². The summed E-state index contributed by atoms with van der Waals surface area (Å²) in [5.41, 5.74) is 5.31. The number of piperidine rings is 1. The number of carboxylic acids is 1. The molecule has 0 aromatic rings. The lowest BCUT2D eigenvalue weighted by Gasteiger charge is -2.30. The van der Waals surface area contributed by atoms with Crippen molar-refractivity contribution in [1.29, 1.82) is 0 Å². The minimum absolute atomic E-state index is 0.181. The molecule has 0 spiro atoms. The van der Waals surface area contributed by atoms with Gasteiger partial charge in [-0.15, -0.1) is 0 Å². The van der Waals surface area contributed by atoms with Crippen LogP contribution in [0.4, 0.5) is 4.79 Å². The van der Waals surface area contributed by atoms with Crippen LogP contribution >= 0.6 is 0 Å². The molecule has 1 atom stereocenters. The highest BCUT2D eigenvalue weighted by atomic mass is 16.4. The van der Waals surface area contributed by atoms with E-state index in [1.807, 2.05) is 0 Å². The molecule has 1 saturated heterocycles. The molecule has 92 valence electrons. The molecule has 0 aliphatic carbocycles.